The zero-order chi connectivity index (χ0) is 26.0. The Morgan fingerprint density at radius 3 is 2.17 bits per heavy atom. The normalized spacial score (nSPS) is 14.2. The van der Waals surface area contributed by atoms with Gasteiger partial charge < -0.3 is 19.2 Å². The average Bonchev–Trinajstić information content (AvgIpc) is 3.38. The van der Waals surface area contributed by atoms with Crippen molar-refractivity contribution in [3.8, 4) is 17.1 Å². The first kappa shape index (κ1) is 26.4. The van der Waals surface area contributed by atoms with Crippen LogP contribution in [0.25, 0.3) is 11.3 Å². The van der Waals surface area contributed by atoms with Crippen molar-refractivity contribution in [2.75, 3.05) is 19.7 Å². The maximum Gasteiger partial charge on any atom is 0.435 e. The van der Waals surface area contributed by atoms with E-state index in [0.29, 0.717) is 11.3 Å². The summed E-state index contributed by atoms with van der Waals surface area (Å²) in [6.45, 7) is 14.5. The fraction of sp³-hybridized carbons (Fsp3) is 0.556. The second-order valence-electron chi connectivity index (χ2n) is 10.9. The first-order valence-corrected chi connectivity index (χ1v) is 12.1. The van der Waals surface area contributed by atoms with Crippen LogP contribution in [-0.2, 0) is 20.7 Å². The predicted molar refractivity (Wildman–Crippen MR) is 134 cm³/mol. The molecular weight excluding hydrogens is 446 g/mol. The Balaban J connectivity index is 2.04. The van der Waals surface area contributed by atoms with Crippen LogP contribution >= 0.6 is 0 Å². The van der Waals surface area contributed by atoms with Gasteiger partial charge in [-0.05, 0) is 73.4 Å². The molecular formula is C27H37N3O5. The van der Waals surface area contributed by atoms with Crippen LogP contribution in [0.3, 0.4) is 0 Å². The molecule has 0 saturated carbocycles. The number of aryl methyl sites for hydroxylation is 2. The maximum atomic E-state index is 13.2. The number of hydrogen-bond donors (Lipinski definition) is 0. The van der Waals surface area contributed by atoms with Gasteiger partial charge in [-0.1, -0.05) is 17.2 Å². The largest absolute Gasteiger partial charge is 0.475 e. The summed E-state index contributed by atoms with van der Waals surface area (Å²) in [5, 5.41) is 4.44. The van der Waals surface area contributed by atoms with Crippen molar-refractivity contribution in [1.82, 2.24) is 14.7 Å². The minimum Gasteiger partial charge on any atom is -0.475 e. The fourth-order valence-corrected chi connectivity index (χ4v) is 4.32. The summed E-state index contributed by atoms with van der Waals surface area (Å²) in [4.78, 5) is 39.7. The summed E-state index contributed by atoms with van der Waals surface area (Å²) in [6, 6.07) is 5.90. The van der Waals surface area contributed by atoms with Gasteiger partial charge in [-0.3, -0.25) is 4.79 Å². The van der Waals surface area contributed by atoms with Crippen molar-refractivity contribution in [1.29, 1.82) is 0 Å². The lowest BCUT2D eigenvalue weighted by atomic mass is 9.93. The van der Waals surface area contributed by atoms with Crippen LogP contribution in [0.5, 0.6) is 5.88 Å². The third-order valence-electron chi connectivity index (χ3n) is 5.84. The van der Waals surface area contributed by atoms with E-state index < -0.39 is 17.1 Å². The zero-order valence-electron chi connectivity index (χ0n) is 21.9. The van der Waals surface area contributed by atoms with Crippen LogP contribution in [0.15, 0.2) is 18.2 Å². The number of nitrogens with zero attached hydrogens (tertiary/aromatic N) is 3. The molecule has 1 saturated heterocycles. The molecule has 0 radical (unpaired) electrons. The molecule has 0 N–H and O–H groups in total. The monoisotopic (exact) mass is 483 g/mol. The number of ether oxygens (including phenoxy) is 2. The van der Waals surface area contributed by atoms with E-state index >= 15 is 0 Å². The van der Waals surface area contributed by atoms with Gasteiger partial charge in [0.25, 0.3) is 0 Å². The molecule has 0 bridgehead atoms. The smallest absolute Gasteiger partial charge is 0.435 e. The van der Waals surface area contributed by atoms with E-state index in [1.165, 1.54) is 4.68 Å². The summed E-state index contributed by atoms with van der Waals surface area (Å²) in [5.74, 6) is 0.174. The van der Waals surface area contributed by atoms with Crippen molar-refractivity contribution in [3.05, 3.63) is 34.9 Å². The highest BCUT2D eigenvalue weighted by Gasteiger charge is 2.35. The second kappa shape index (κ2) is 10.2. The Morgan fingerprint density at radius 2 is 1.63 bits per heavy atom. The van der Waals surface area contributed by atoms with Crippen LogP contribution in [0, 0.1) is 19.3 Å². The number of hydrogen-bond acceptors (Lipinski definition) is 6. The van der Waals surface area contributed by atoms with Gasteiger partial charge >= 0.3 is 6.09 Å². The molecule has 35 heavy (non-hydrogen) atoms. The number of benzene rings is 1. The summed E-state index contributed by atoms with van der Waals surface area (Å²) in [7, 11) is 0. The van der Waals surface area contributed by atoms with Gasteiger partial charge in [-0.15, -0.1) is 5.10 Å². The lowest BCUT2D eigenvalue weighted by Gasteiger charge is -2.28. The molecule has 8 nitrogen and oxygen atoms in total. The van der Waals surface area contributed by atoms with Gasteiger partial charge in [0.15, 0.2) is 0 Å². The van der Waals surface area contributed by atoms with E-state index in [-0.39, 0.29) is 24.8 Å². The highest BCUT2D eigenvalue weighted by molar-refractivity contribution is 5.83. The Hall–Kier alpha value is -3.16. The first-order valence-electron chi connectivity index (χ1n) is 12.1. The molecule has 2 aromatic rings. The van der Waals surface area contributed by atoms with E-state index in [1.54, 1.807) is 20.8 Å². The van der Waals surface area contributed by atoms with Crippen molar-refractivity contribution in [2.45, 2.75) is 73.3 Å². The third-order valence-corrected chi connectivity index (χ3v) is 5.84. The van der Waals surface area contributed by atoms with Gasteiger partial charge in [0.05, 0.1) is 11.1 Å². The number of rotatable bonds is 7. The Bertz CT molecular complexity index is 1080. The molecule has 1 aliphatic heterocycles. The Kier molecular flexibility index (Phi) is 7.72. The first-order chi connectivity index (χ1) is 16.3. The molecule has 0 aliphatic carbocycles. The molecule has 0 atom stereocenters. The average molecular weight is 484 g/mol. The van der Waals surface area contributed by atoms with Crippen LogP contribution in [0.1, 0.15) is 64.2 Å². The molecule has 1 fully saturated rings. The fourth-order valence-electron chi connectivity index (χ4n) is 4.32. The van der Waals surface area contributed by atoms with Gasteiger partial charge in [0, 0.05) is 30.6 Å². The minimum absolute atomic E-state index is 0.000946. The van der Waals surface area contributed by atoms with Crippen LogP contribution < -0.4 is 4.74 Å². The molecule has 2 heterocycles. The number of likely N-dealkylation sites (tertiary alicyclic amines) is 1. The van der Waals surface area contributed by atoms with Gasteiger partial charge in [0.1, 0.15) is 18.5 Å². The van der Waals surface area contributed by atoms with Gasteiger partial charge in [0.2, 0.25) is 11.8 Å². The van der Waals surface area contributed by atoms with Crippen LogP contribution in [0.2, 0.25) is 0 Å². The molecule has 0 spiro atoms. The molecule has 190 valence electrons. The van der Waals surface area contributed by atoms with E-state index in [2.05, 4.69) is 5.10 Å². The second-order valence-corrected chi connectivity index (χ2v) is 10.9. The predicted octanol–water partition coefficient (Wildman–Crippen LogP) is 4.72. The Labute approximate surface area is 207 Å². The summed E-state index contributed by atoms with van der Waals surface area (Å²) < 4.78 is 12.8. The van der Waals surface area contributed by atoms with Gasteiger partial charge in [-0.2, -0.15) is 4.68 Å². The van der Waals surface area contributed by atoms with Crippen molar-refractivity contribution in [3.63, 3.8) is 0 Å². The Morgan fingerprint density at radius 1 is 1.03 bits per heavy atom. The maximum absolute atomic E-state index is 13.2. The highest BCUT2D eigenvalue weighted by atomic mass is 16.6. The molecule has 8 heteroatoms. The number of aldehydes is 1. The number of carbonyl (C=O) groups is 3. The van der Waals surface area contributed by atoms with Crippen molar-refractivity contribution < 1.29 is 23.9 Å². The van der Waals surface area contributed by atoms with E-state index in [0.717, 1.165) is 48.9 Å². The van der Waals surface area contributed by atoms with Crippen LogP contribution in [-0.4, -0.2) is 58.3 Å². The van der Waals surface area contributed by atoms with E-state index in [4.69, 9.17) is 9.47 Å². The summed E-state index contributed by atoms with van der Waals surface area (Å²) >= 11 is 0. The highest BCUT2D eigenvalue weighted by Crippen LogP contribution is 2.34. The van der Waals surface area contributed by atoms with E-state index in [1.807, 2.05) is 50.8 Å². The quantitative estimate of drug-likeness (QED) is 0.530. The molecule has 1 aromatic heterocycles. The molecule has 0 unspecified atom stereocenters. The van der Waals surface area contributed by atoms with E-state index in [9.17, 15) is 14.4 Å². The SMILES string of the molecule is Cc1cc(C)cc(-c2c(CC=O)c(OCC(C)(C)C(=O)N3CCCC3)nn2C(=O)OC(C)(C)C)c1. The summed E-state index contributed by atoms with van der Waals surface area (Å²) in [5.41, 5.74) is 2.16. The topological polar surface area (TPSA) is 90.7 Å². The molecule has 1 aromatic carbocycles. The number of amides is 1. The van der Waals surface area contributed by atoms with Gasteiger partial charge in [-0.25, -0.2) is 4.79 Å². The zero-order valence-corrected chi connectivity index (χ0v) is 21.9. The number of aromatic nitrogens is 2. The van der Waals surface area contributed by atoms with Crippen molar-refractivity contribution >= 4 is 18.3 Å². The molecule has 3 rings (SSSR count). The van der Waals surface area contributed by atoms with Crippen molar-refractivity contribution in [2.24, 2.45) is 5.41 Å². The standard InChI is InChI=1S/C27H37N3O5/c1-18-14-19(2)16-20(15-18)22-21(10-13-31)23(28-30(22)25(33)35-26(3,4)5)34-17-27(6,7)24(32)29-11-8-9-12-29/h13-16H,8-12,17H2,1-7H3. The lowest BCUT2D eigenvalue weighted by Crippen LogP contribution is -2.42. The third kappa shape index (κ3) is 6.29. The number of carbonyl (C=O) groups excluding carboxylic acids is 3. The summed E-state index contributed by atoms with van der Waals surface area (Å²) in [6.07, 6.45) is 2.11. The lowest BCUT2D eigenvalue weighted by molar-refractivity contribution is -0.140. The van der Waals surface area contributed by atoms with Crippen LogP contribution in [0.4, 0.5) is 4.79 Å². The molecule has 1 aliphatic rings. The molecule has 1 amide bonds. The minimum atomic E-state index is -0.793.